The van der Waals surface area contributed by atoms with Crippen LogP contribution in [0.4, 0.5) is 23.4 Å². The number of carbonyl (C=O) groups is 2. The van der Waals surface area contributed by atoms with Crippen LogP contribution in [0.3, 0.4) is 0 Å². The van der Waals surface area contributed by atoms with E-state index >= 15 is 0 Å². The molecular formula is C22H15Cl2F4N3O3. The lowest BCUT2D eigenvalue weighted by Gasteiger charge is -2.21. The molecule has 0 bridgehead atoms. The molecule has 0 saturated carbocycles. The Hall–Kier alpha value is -3.37. The highest BCUT2D eigenvalue weighted by Gasteiger charge is 2.30. The number of ether oxygens (including phenoxy) is 1. The van der Waals surface area contributed by atoms with Gasteiger partial charge in [-0.1, -0.05) is 29.3 Å². The topological polar surface area (TPSA) is 85.5 Å². The summed E-state index contributed by atoms with van der Waals surface area (Å²) in [5, 5.41) is -0.396. The van der Waals surface area contributed by atoms with Crippen molar-refractivity contribution < 1.29 is 36.0 Å². The Morgan fingerprint density at radius 2 is 1.91 bits per heavy atom. The lowest BCUT2D eigenvalue weighted by atomic mass is 10.0. The maximum absolute atomic E-state index is 14.4. The third-order valence-corrected chi connectivity index (χ3v) is 5.02. The quantitative estimate of drug-likeness (QED) is 0.436. The molecular weight excluding hydrogens is 501 g/mol. The number of nitrogens with zero attached hydrogens (tertiary/aromatic N) is 2. The van der Waals surface area contributed by atoms with E-state index in [2.05, 4.69) is 4.98 Å². The van der Waals surface area contributed by atoms with E-state index in [9.17, 15) is 27.2 Å². The van der Waals surface area contributed by atoms with Gasteiger partial charge in [-0.05, 0) is 36.4 Å². The van der Waals surface area contributed by atoms with Gasteiger partial charge in [-0.2, -0.15) is 13.2 Å². The average Bonchev–Trinajstić information content (AvgIpc) is 2.77. The fourth-order valence-corrected chi connectivity index (χ4v) is 3.30. The molecule has 6 nitrogen and oxygen atoms in total. The highest BCUT2D eigenvalue weighted by Crippen LogP contribution is 2.36. The number of anilines is 1. The van der Waals surface area contributed by atoms with Gasteiger partial charge in [0, 0.05) is 39.0 Å². The summed E-state index contributed by atoms with van der Waals surface area (Å²) in [7, 11) is 0. The number of carbonyl (C=O) groups excluding carboxylic acids is 2. The second kappa shape index (κ2) is 9.86. The molecule has 0 atom stereocenters. The van der Waals surface area contributed by atoms with Crippen LogP contribution in [-0.4, -0.2) is 36.6 Å². The molecule has 0 unspecified atom stereocenters. The van der Waals surface area contributed by atoms with E-state index in [0.717, 1.165) is 24.4 Å². The first-order valence-corrected chi connectivity index (χ1v) is 9.93. The van der Waals surface area contributed by atoms with E-state index in [1.165, 1.54) is 24.3 Å². The van der Waals surface area contributed by atoms with Crippen LogP contribution >= 0.6 is 23.2 Å². The summed E-state index contributed by atoms with van der Waals surface area (Å²) < 4.78 is 81.6. The minimum absolute atomic E-state index is 0.00381. The number of aromatic nitrogens is 1. The van der Waals surface area contributed by atoms with Crippen molar-refractivity contribution in [2.24, 2.45) is 5.73 Å². The van der Waals surface area contributed by atoms with Crippen LogP contribution in [0.1, 0.15) is 24.8 Å². The summed E-state index contributed by atoms with van der Waals surface area (Å²) in [4.78, 5) is 28.6. The molecule has 0 fully saturated rings. The maximum Gasteiger partial charge on any atom is 0.422 e. The summed E-state index contributed by atoms with van der Waals surface area (Å²) in [5.74, 6) is -5.17. The summed E-state index contributed by atoms with van der Waals surface area (Å²) >= 11 is 12.1. The molecule has 2 amide bonds. The number of amides is 2. The smallest absolute Gasteiger partial charge is 0.422 e. The maximum atomic E-state index is 14.4. The van der Waals surface area contributed by atoms with Gasteiger partial charge in [0.05, 0.1) is 10.6 Å². The molecule has 0 aliphatic carbocycles. The van der Waals surface area contributed by atoms with E-state index < -0.39 is 59.5 Å². The number of hydrogen-bond acceptors (Lipinski definition) is 4. The molecule has 0 aliphatic rings. The normalized spacial score (nSPS) is 12.9. The summed E-state index contributed by atoms with van der Waals surface area (Å²) in [6.07, 6.45) is -3.88. The standard InChI is InChI=1S/C22H15Cl2F4N3O3/c1-31(21(33)18-15(24)3-2-4-16(18)25)20-17(34-10-22(26,27)28)8-12(9-30-20)13-7-11(19(29)32)5-6-14(13)23/h2-9H,10H2,1H3,(H2,29,32)/i1D3. The Bertz CT molecular complexity index is 1350. The molecule has 12 heteroatoms. The van der Waals surface area contributed by atoms with Gasteiger partial charge in [0.2, 0.25) is 5.91 Å². The number of rotatable bonds is 6. The molecule has 3 aromatic rings. The van der Waals surface area contributed by atoms with E-state index in [0.29, 0.717) is 0 Å². The molecule has 0 radical (unpaired) electrons. The van der Waals surface area contributed by atoms with Crippen molar-refractivity contribution in [1.82, 2.24) is 4.98 Å². The number of alkyl halides is 3. The average molecular weight is 519 g/mol. The first-order valence-electron chi connectivity index (χ1n) is 10.7. The van der Waals surface area contributed by atoms with Crippen LogP contribution in [0.25, 0.3) is 11.1 Å². The van der Waals surface area contributed by atoms with Crippen LogP contribution in [0.5, 0.6) is 5.75 Å². The SMILES string of the molecule is [2H]C([2H])([2H])N(C(=O)c1c(F)cccc1Cl)c1ncc(-c2cc(C(N)=O)ccc2Cl)cc1OCC(F)(F)F. The summed E-state index contributed by atoms with van der Waals surface area (Å²) in [5.41, 5.74) is 4.52. The van der Waals surface area contributed by atoms with E-state index in [1.807, 2.05) is 0 Å². The highest BCUT2D eigenvalue weighted by atomic mass is 35.5. The predicted molar refractivity (Wildman–Crippen MR) is 119 cm³/mol. The van der Waals surface area contributed by atoms with Crippen molar-refractivity contribution >= 4 is 40.8 Å². The lowest BCUT2D eigenvalue weighted by molar-refractivity contribution is -0.153. The predicted octanol–water partition coefficient (Wildman–Crippen LogP) is 5.51. The van der Waals surface area contributed by atoms with Crippen LogP contribution in [0.15, 0.2) is 48.7 Å². The van der Waals surface area contributed by atoms with Crippen LogP contribution in [0.2, 0.25) is 10.0 Å². The number of pyridine rings is 1. The van der Waals surface area contributed by atoms with Gasteiger partial charge < -0.3 is 10.5 Å². The van der Waals surface area contributed by atoms with Gasteiger partial charge >= 0.3 is 6.18 Å². The Labute approximate surface area is 205 Å². The highest BCUT2D eigenvalue weighted by molar-refractivity contribution is 6.34. The molecule has 1 heterocycles. The third-order valence-electron chi connectivity index (χ3n) is 4.38. The molecule has 3 rings (SSSR count). The minimum Gasteiger partial charge on any atom is -0.480 e. The van der Waals surface area contributed by atoms with E-state index in [1.54, 1.807) is 0 Å². The fourth-order valence-electron chi connectivity index (χ4n) is 2.83. The van der Waals surface area contributed by atoms with Gasteiger partial charge in [0.15, 0.2) is 18.2 Å². The van der Waals surface area contributed by atoms with Gasteiger partial charge in [0.1, 0.15) is 5.82 Å². The van der Waals surface area contributed by atoms with Crippen molar-refractivity contribution in [2.75, 3.05) is 18.5 Å². The number of nitrogens with two attached hydrogens (primary N) is 1. The van der Waals surface area contributed by atoms with Crippen molar-refractivity contribution in [3.63, 3.8) is 0 Å². The molecule has 0 saturated heterocycles. The summed E-state index contributed by atoms with van der Waals surface area (Å²) in [6.45, 7) is -5.25. The molecule has 178 valence electrons. The lowest BCUT2D eigenvalue weighted by Crippen LogP contribution is -2.29. The first kappa shape index (κ1) is 21.2. The first-order chi connectivity index (χ1) is 17.1. The second-order valence-corrected chi connectivity index (χ2v) is 7.56. The monoisotopic (exact) mass is 518 g/mol. The molecule has 34 heavy (non-hydrogen) atoms. The van der Waals surface area contributed by atoms with Crippen molar-refractivity contribution in [2.45, 2.75) is 6.18 Å². The number of halogens is 6. The molecule has 2 N–H and O–H groups in total. The van der Waals surface area contributed by atoms with E-state index in [4.69, 9.17) is 37.8 Å². The van der Waals surface area contributed by atoms with Gasteiger partial charge in [-0.3, -0.25) is 14.5 Å². The summed E-state index contributed by atoms with van der Waals surface area (Å²) in [6, 6.07) is 7.94. The largest absolute Gasteiger partial charge is 0.480 e. The minimum atomic E-state index is -4.86. The number of benzene rings is 2. The Morgan fingerprint density at radius 3 is 2.53 bits per heavy atom. The molecule has 1 aromatic heterocycles. The van der Waals surface area contributed by atoms with Crippen molar-refractivity contribution in [3.8, 4) is 16.9 Å². The van der Waals surface area contributed by atoms with Crippen molar-refractivity contribution in [1.29, 1.82) is 0 Å². The molecule has 2 aromatic carbocycles. The zero-order valence-electron chi connectivity index (χ0n) is 19.8. The van der Waals surface area contributed by atoms with Crippen LogP contribution in [-0.2, 0) is 0 Å². The number of hydrogen-bond donors (Lipinski definition) is 1. The van der Waals surface area contributed by atoms with Crippen LogP contribution in [0, 0.1) is 5.82 Å². The molecule has 0 aliphatic heterocycles. The third kappa shape index (κ3) is 5.57. The van der Waals surface area contributed by atoms with Gasteiger partial charge in [-0.25, -0.2) is 9.37 Å². The van der Waals surface area contributed by atoms with Crippen LogP contribution < -0.4 is 15.4 Å². The zero-order valence-corrected chi connectivity index (χ0v) is 18.3. The Balaban J connectivity index is 2.23. The molecule has 0 spiro atoms. The fraction of sp³-hybridized carbons (Fsp3) is 0.136. The zero-order chi connectivity index (χ0) is 27.7. The Kier molecular flexibility index (Phi) is 6.14. The Morgan fingerprint density at radius 1 is 1.18 bits per heavy atom. The van der Waals surface area contributed by atoms with Gasteiger partial charge in [0.25, 0.3) is 5.91 Å². The second-order valence-electron chi connectivity index (χ2n) is 6.75. The number of primary amides is 1. The van der Waals surface area contributed by atoms with Gasteiger partial charge in [-0.15, -0.1) is 0 Å². The van der Waals surface area contributed by atoms with E-state index in [-0.39, 0.29) is 26.6 Å². The van der Waals surface area contributed by atoms with Crippen molar-refractivity contribution in [3.05, 3.63) is 75.7 Å².